The molecule has 128 valence electrons. The molecule has 0 radical (unpaired) electrons. The minimum absolute atomic E-state index is 0.370. The van der Waals surface area contributed by atoms with Gasteiger partial charge < -0.3 is 10.3 Å². The van der Waals surface area contributed by atoms with Gasteiger partial charge in [-0.3, -0.25) is 14.6 Å². The molecule has 1 saturated heterocycles. The van der Waals surface area contributed by atoms with Gasteiger partial charge in [0.05, 0.1) is 6.54 Å². The van der Waals surface area contributed by atoms with E-state index in [1.54, 1.807) is 6.07 Å². The third kappa shape index (κ3) is 3.83. The van der Waals surface area contributed by atoms with E-state index < -0.39 is 0 Å². The first kappa shape index (κ1) is 16.7. The summed E-state index contributed by atoms with van der Waals surface area (Å²) >= 11 is 0. The van der Waals surface area contributed by atoms with Gasteiger partial charge in [0, 0.05) is 57.2 Å². The van der Waals surface area contributed by atoms with Crippen molar-refractivity contribution in [1.29, 1.82) is 0 Å². The number of hydrogen-bond acceptors (Lipinski definition) is 4. The van der Waals surface area contributed by atoms with Gasteiger partial charge in [0.1, 0.15) is 5.82 Å². The maximum absolute atomic E-state index is 11.3. The van der Waals surface area contributed by atoms with E-state index in [4.69, 9.17) is 5.73 Å². The van der Waals surface area contributed by atoms with Crippen molar-refractivity contribution in [2.24, 2.45) is 12.8 Å². The average molecular weight is 327 g/mol. The highest BCUT2D eigenvalue weighted by atomic mass is 16.1. The van der Waals surface area contributed by atoms with Crippen molar-refractivity contribution in [3.05, 3.63) is 53.6 Å². The van der Waals surface area contributed by atoms with E-state index in [0.717, 1.165) is 44.1 Å². The minimum Gasteiger partial charge on any atom is -0.366 e. The number of imidazole rings is 1. The zero-order valence-electron chi connectivity index (χ0n) is 14.4. The number of nitrogens with zero attached hydrogens (tertiary/aromatic N) is 4. The van der Waals surface area contributed by atoms with Crippen LogP contribution in [0.25, 0.3) is 0 Å². The van der Waals surface area contributed by atoms with Crippen molar-refractivity contribution in [3.8, 4) is 0 Å². The Balaban J connectivity index is 1.58. The first-order valence-electron chi connectivity index (χ1n) is 8.34. The molecule has 1 atom stereocenters. The summed E-state index contributed by atoms with van der Waals surface area (Å²) in [5.74, 6) is 0.731. The van der Waals surface area contributed by atoms with E-state index in [9.17, 15) is 4.79 Å². The first-order chi connectivity index (χ1) is 11.5. The molecule has 1 aromatic carbocycles. The Kier molecular flexibility index (Phi) is 4.97. The van der Waals surface area contributed by atoms with Crippen LogP contribution in [-0.4, -0.2) is 50.9 Å². The maximum atomic E-state index is 11.3. The summed E-state index contributed by atoms with van der Waals surface area (Å²) in [5.41, 5.74) is 7.08. The van der Waals surface area contributed by atoms with Gasteiger partial charge in [0.2, 0.25) is 5.91 Å². The molecule has 3 rings (SSSR count). The highest BCUT2D eigenvalue weighted by Crippen LogP contribution is 2.16. The Labute approximate surface area is 142 Å². The molecule has 1 aromatic heterocycles. The lowest BCUT2D eigenvalue weighted by Crippen LogP contribution is -2.51. The number of nitrogens with two attached hydrogens (primary N) is 1. The Morgan fingerprint density at radius 3 is 2.83 bits per heavy atom. The number of hydrogen-bond donors (Lipinski definition) is 1. The zero-order valence-corrected chi connectivity index (χ0v) is 14.4. The van der Waals surface area contributed by atoms with Crippen molar-refractivity contribution in [1.82, 2.24) is 19.4 Å². The van der Waals surface area contributed by atoms with Crippen molar-refractivity contribution in [2.75, 3.05) is 19.6 Å². The van der Waals surface area contributed by atoms with Crippen LogP contribution in [0.5, 0.6) is 0 Å². The molecular weight excluding hydrogens is 302 g/mol. The predicted octanol–water partition coefficient (Wildman–Crippen LogP) is 1.23. The standard InChI is InChI=1S/C18H25N5O/c1-14-11-22(12-15-4-3-5-16(10-15)18(19)24)8-9-23(14)13-17-20-6-7-21(17)2/h3-7,10,14H,8-9,11-13H2,1-2H3,(H2,19,24)/t14-/m1/s1. The van der Waals surface area contributed by atoms with Crippen LogP contribution in [0.4, 0.5) is 0 Å². The smallest absolute Gasteiger partial charge is 0.248 e. The van der Waals surface area contributed by atoms with E-state index in [1.165, 1.54) is 0 Å². The summed E-state index contributed by atoms with van der Waals surface area (Å²) < 4.78 is 2.08. The van der Waals surface area contributed by atoms with Crippen LogP contribution in [0.1, 0.15) is 28.7 Å². The van der Waals surface area contributed by atoms with E-state index >= 15 is 0 Å². The number of benzene rings is 1. The average Bonchev–Trinajstić information content (AvgIpc) is 2.95. The summed E-state index contributed by atoms with van der Waals surface area (Å²) in [6.45, 7) is 7.02. The molecule has 0 spiro atoms. The van der Waals surface area contributed by atoms with Crippen molar-refractivity contribution in [2.45, 2.75) is 26.1 Å². The zero-order chi connectivity index (χ0) is 17.1. The van der Waals surface area contributed by atoms with Gasteiger partial charge in [-0.1, -0.05) is 12.1 Å². The lowest BCUT2D eigenvalue weighted by atomic mass is 10.1. The van der Waals surface area contributed by atoms with Crippen LogP contribution in [0, 0.1) is 0 Å². The highest BCUT2D eigenvalue weighted by Gasteiger charge is 2.24. The van der Waals surface area contributed by atoms with Gasteiger partial charge in [-0.05, 0) is 24.6 Å². The van der Waals surface area contributed by atoms with Crippen LogP contribution in [0.15, 0.2) is 36.7 Å². The molecule has 2 aromatic rings. The quantitative estimate of drug-likeness (QED) is 0.897. The number of rotatable bonds is 5. The van der Waals surface area contributed by atoms with Gasteiger partial charge in [-0.15, -0.1) is 0 Å². The van der Waals surface area contributed by atoms with Crippen LogP contribution in [0.2, 0.25) is 0 Å². The normalized spacial score (nSPS) is 19.5. The van der Waals surface area contributed by atoms with E-state index in [0.29, 0.717) is 11.6 Å². The molecular formula is C18H25N5O. The number of aryl methyl sites for hydroxylation is 1. The van der Waals surface area contributed by atoms with Crippen LogP contribution < -0.4 is 5.73 Å². The van der Waals surface area contributed by atoms with E-state index in [-0.39, 0.29) is 5.91 Å². The summed E-state index contributed by atoms with van der Waals surface area (Å²) in [5, 5.41) is 0. The largest absolute Gasteiger partial charge is 0.366 e. The number of primary amides is 1. The third-order valence-electron chi connectivity index (χ3n) is 4.73. The lowest BCUT2D eigenvalue weighted by Gasteiger charge is -2.39. The molecule has 6 nitrogen and oxygen atoms in total. The van der Waals surface area contributed by atoms with Crippen LogP contribution in [-0.2, 0) is 20.1 Å². The van der Waals surface area contributed by atoms with Crippen molar-refractivity contribution < 1.29 is 4.79 Å². The Morgan fingerprint density at radius 1 is 1.33 bits per heavy atom. The molecule has 2 heterocycles. The van der Waals surface area contributed by atoms with Crippen LogP contribution in [0.3, 0.4) is 0 Å². The van der Waals surface area contributed by atoms with Gasteiger partial charge in [0.25, 0.3) is 0 Å². The molecule has 0 bridgehead atoms. The number of amides is 1. The second-order valence-electron chi connectivity index (χ2n) is 6.57. The fourth-order valence-electron chi connectivity index (χ4n) is 3.26. The van der Waals surface area contributed by atoms with Gasteiger partial charge >= 0.3 is 0 Å². The molecule has 1 aliphatic heterocycles. The molecule has 6 heteroatoms. The minimum atomic E-state index is -0.370. The monoisotopic (exact) mass is 327 g/mol. The molecule has 2 N–H and O–H groups in total. The lowest BCUT2D eigenvalue weighted by molar-refractivity contribution is 0.0707. The number of carbonyl (C=O) groups is 1. The number of carbonyl (C=O) groups excluding carboxylic acids is 1. The van der Waals surface area contributed by atoms with Gasteiger partial charge in [-0.25, -0.2) is 4.98 Å². The second-order valence-corrected chi connectivity index (χ2v) is 6.57. The Bertz CT molecular complexity index is 711. The van der Waals surface area contributed by atoms with Crippen molar-refractivity contribution in [3.63, 3.8) is 0 Å². The maximum Gasteiger partial charge on any atom is 0.248 e. The summed E-state index contributed by atoms with van der Waals surface area (Å²) in [4.78, 5) is 20.6. The second kappa shape index (κ2) is 7.15. The van der Waals surface area contributed by atoms with E-state index in [1.807, 2.05) is 31.6 Å². The molecule has 0 aliphatic carbocycles. The van der Waals surface area contributed by atoms with Crippen LogP contribution >= 0.6 is 0 Å². The third-order valence-corrected chi connectivity index (χ3v) is 4.73. The first-order valence-corrected chi connectivity index (χ1v) is 8.34. The topological polar surface area (TPSA) is 67.4 Å². The summed E-state index contributed by atoms with van der Waals surface area (Å²) in [7, 11) is 2.04. The fourth-order valence-corrected chi connectivity index (χ4v) is 3.26. The summed E-state index contributed by atoms with van der Waals surface area (Å²) in [6, 6.07) is 8.08. The summed E-state index contributed by atoms with van der Waals surface area (Å²) in [6.07, 6.45) is 3.84. The molecule has 1 amide bonds. The molecule has 24 heavy (non-hydrogen) atoms. The molecule has 0 saturated carbocycles. The highest BCUT2D eigenvalue weighted by molar-refractivity contribution is 5.92. The van der Waals surface area contributed by atoms with E-state index in [2.05, 4.69) is 32.3 Å². The van der Waals surface area contributed by atoms with Gasteiger partial charge in [-0.2, -0.15) is 0 Å². The number of aromatic nitrogens is 2. The van der Waals surface area contributed by atoms with Gasteiger partial charge in [0.15, 0.2) is 0 Å². The molecule has 0 unspecified atom stereocenters. The Morgan fingerprint density at radius 2 is 2.17 bits per heavy atom. The SMILES string of the molecule is C[C@@H]1CN(Cc2cccc(C(N)=O)c2)CCN1Cc1nccn1C. The Hall–Kier alpha value is -2.18. The van der Waals surface area contributed by atoms with Crippen molar-refractivity contribution >= 4 is 5.91 Å². The predicted molar refractivity (Wildman–Crippen MR) is 93.3 cm³/mol. The molecule has 1 aliphatic rings. The number of piperazine rings is 1. The fraction of sp³-hybridized carbons (Fsp3) is 0.444. The molecule has 1 fully saturated rings.